The van der Waals surface area contributed by atoms with Gasteiger partial charge in [-0.2, -0.15) is 0 Å². The number of fused-ring (bicyclic) bond motifs is 1. The van der Waals surface area contributed by atoms with Crippen LogP contribution >= 0.6 is 0 Å². The summed E-state index contributed by atoms with van der Waals surface area (Å²) in [5, 5.41) is 0. The molecule has 0 radical (unpaired) electrons. The van der Waals surface area contributed by atoms with Gasteiger partial charge in [-0.05, 0) is 13.8 Å². The number of amides is 1. The first-order valence-electron chi connectivity index (χ1n) is 3.96. The molecule has 0 saturated carbocycles. The summed E-state index contributed by atoms with van der Waals surface area (Å²) >= 11 is 0. The van der Waals surface area contributed by atoms with Crippen molar-refractivity contribution in [1.82, 2.24) is 4.90 Å². The van der Waals surface area contributed by atoms with E-state index in [1.807, 2.05) is 0 Å². The maximum absolute atomic E-state index is 11.5. The quantitative estimate of drug-likeness (QED) is 0.545. The smallest absolute Gasteiger partial charge is 0.345 e. The van der Waals surface area contributed by atoms with Crippen LogP contribution < -0.4 is 0 Å². The molecule has 4 heteroatoms. The summed E-state index contributed by atoms with van der Waals surface area (Å²) in [6.07, 6.45) is 0. The molecule has 0 spiro atoms. The average molecular weight is 195 g/mol. The largest absolute Gasteiger partial charge is 0.427 e. The van der Waals surface area contributed by atoms with Crippen molar-refractivity contribution in [3.05, 3.63) is 22.6 Å². The number of nitrogens with zero attached hydrogens (tertiary/aromatic N) is 1. The Hall–Kier alpha value is -1.58. The lowest BCUT2D eigenvalue weighted by molar-refractivity contribution is -0.133. The maximum Gasteiger partial charge on any atom is 0.345 e. The number of likely N-dealkylation sites (N-methyl/N-ethyl adjacent to an activating group) is 1. The monoisotopic (exact) mass is 195 g/mol. The van der Waals surface area contributed by atoms with E-state index in [4.69, 9.17) is 4.74 Å². The van der Waals surface area contributed by atoms with Crippen LogP contribution in [-0.4, -0.2) is 23.8 Å². The van der Waals surface area contributed by atoms with Crippen LogP contribution in [0.3, 0.4) is 0 Å². The third-order valence-electron chi connectivity index (χ3n) is 2.44. The van der Waals surface area contributed by atoms with Crippen molar-refractivity contribution in [3.63, 3.8) is 0 Å². The van der Waals surface area contributed by atoms with Gasteiger partial charge < -0.3 is 9.64 Å². The van der Waals surface area contributed by atoms with Crippen LogP contribution in [0.15, 0.2) is 22.6 Å². The molecular formula is C10H13NO3. The van der Waals surface area contributed by atoms with E-state index in [1.165, 1.54) is 4.90 Å². The summed E-state index contributed by atoms with van der Waals surface area (Å²) < 4.78 is 4.85. The molecule has 0 bridgehead atoms. The first kappa shape index (κ1) is 10.5. The van der Waals surface area contributed by atoms with E-state index in [0.29, 0.717) is 22.6 Å². The van der Waals surface area contributed by atoms with Gasteiger partial charge in [0.05, 0.1) is 11.1 Å². The highest BCUT2D eigenvalue weighted by Crippen LogP contribution is 2.36. The van der Waals surface area contributed by atoms with Crippen molar-refractivity contribution in [2.75, 3.05) is 7.05 Å². The first-order valence-corrected chi connectivity index (χ1v) is 3.96. The van der Waals surface area contributed by atoms with Gasteiger partial charge >= 0.3 is 5.97 Å². The van der Waals surface area contributed by atoms with E-state index < -0.39 is 5.97 Å². The fourth-order valence-electron chi connectivity index (χ4n) is 1.59. The lowest BCUT2D eigenvalue weighted by atomic mass is 10.1. The second kappa shape index (κ2) is 2.97. The Morgan fingerprint density at radius 2 is 1.71 bits per heavy atom. The van der Waals surface area contributed by atoms with Crippen molar-refractivity contribution in [2.24, 2.45) is 0 Å². The number of ether oxygens (including phenoxy) is 1. The third-order valence-corrected chi connectivity index (χ3v) is 2.44. The molecule has 2 heterocycles. The van der Waals surface area contributed by atoms with Crippen molar-refractivity contribution in [3.8, 4) is 0 Å². The number of hydrogen-bond donors (Lipinski definition) is 0. The summed E-state index contributed by atoms with van der Waals surface area (Å²) in [6.45, 7) is 3.37. The fraction of sp³-hybridized carbons (Fsp3) is 0.400. The van der Waals surface area contributed by atoms with Crippen molar-refractivity contribution in [2.45, 2.75) is 21.3 Å². The number of rotatable bonds is 0. The van der Waals surface area contributed by atoms with E-state index in [-0.39, 0.29) is 13.3 Å². The number of allylic oxidation sites excluding steroid dienone is 2. The summed E-state index contributed by atoms with van der Waals surface area (Å²) in [5.74, 6) is -0.160. The van der Waals surface area contributed by atoms with E-state index in [0.717, 1.165) is 0 Å². The molecule has 0 unspecified atom stereocenters. The van der Waals surface area contributed by atoms with Gasteiger partial charge in [0.1, 0.15) is 5.76 Å². The number of hydrogen-bond acceptors (Lipinski definition) is 3. The SMILES string of the molecule is C.CC1=C2C(=O)N(C)C(C)=C2C(=O)O1. The van der Waals surface area contributed by atoms with Gasteiger partial charge in [-0.15, -0.1) is 0 Å². The Labute approximate surface area is 82.8 Å². The second-order valence-electron chi connectivity index (χ2n) is 3.15. The molecule has 0 aromatic heterocycles. The highest BCUT2D eigenvalue weighted by atomic mass is 16.5. The molecule has 1 amide bonds. The molecular weight excluding hydrogens is 182 g/mol. The number of carbonyl (C=O) groups is 2. The van der Waals surface area contributed by atoms with Crippen LogP contribution in [0.5, 0.6) is 0 Å². The van der Waals surface area contributed by atoms with E-state index in [2.05, 4.69) is 0 Å². The van der Waals surface area contributed by atoms with Crippen LogP contribution in [0.1, 0.15) is 21.3 Å². The Kier molecular flexibility index (Phi) is 2.23. The average Bonchev–Trinajstić information content (AvgIpc) is 2.47. The molecule has 0 saturated heterocycles. The topological polar surface area (TPSA) is 46.6 Å². The van der Waals surface area contributed by atoms with Gasteiger partial charge in [0.2, 0.25) is 0 Å². The third kappa shape index (κ3) is 0.999. The summed E-state index contributed by atoms with van der Waals surface area (Å²) in [5.41, 5.74) is 1.51. The van der Waals surface area contributed by atoms with E-state index >= 15 is 0 Å². The fourth-order valence-corrected chi connectivity index (χ4v) is 1.59. The molecule has 0 atom stereocenters. The van der Waals surface area contributed by atoms with E-state index in [9.17, 15) is 9.59 Å². The van der Waals surface area contributed by atoms with Crippen LogP contribution in [0.25, 0.3) is 0 Å². The minimum Gasteiger partial charge on any atom is -0.427 e. The van der Waals surface area contributed by atoms with Gasteiger partial charge in [0, 0.05) is 12.7 Å². The molecule has 4 nitrogen and oxygen atoms in total. The van der Waals surface area contributed by atoms with Gasteiger partial charge in [0.25, 0.3) is 5.91 Å². The molecule has 0 aromatic carbocycles. The molecule has 0 aliphatic carbocycles. The molecule has 0 aromatic rings. The summed E-state index contributed by atoms with van der Waals surface area (Å²) in [6, 6.07) is 0. The Bertz CT molecular complexity index is 390. The number of cyclic esters (lactones) is 1. The van der Waals surface area contributed by atoms with Crippen LogP contribution in [-0.2, 0) is 14.3 Å². The zero-order chi connectivity index (χ0) is 9.75. The first-order chi connectivity index (χ1) is 6.04. The van der Waals surface area contributed by atoms with Gasteiger partial charge in [-0.1, -0.05) is 7.43 Å². The molecule has 2 rings (SSSR count). The van der Waals surface area contributed by atoms with Crippen LogP contribution in [0, 0.1) is 0 Å². The standard InChI is InChI=1S/C9H9NO3.CH4/c1-4-6-7(8(11)10(4)3)5(2)13-9(6)12;/h1-3H3;1H4. The lowest BCUT2D eigenvalue weighted by Gasteiger charge is -2.10. The summed E-state index contributed by atoms with van der Waals surface area (Å²) in [4.78, 5) is 24.3. The van der Waals surface area contributed by atoms with Gasteiger partial charge in [-0.25, -0.2) is 4.79 Å². The number of carbonyl (C=O) groups excluding carboxylic acids is 2. The number of esters is 1. The zero-order valence-corrected chi connectivity index (χ0v) is 7.67. The van der Waals surface area contributed by atoms with Gasteiger partial charge in [0.15, 0.2) is 0 Å². The Morgan fingerprint density at radius 1 is 1.14 bits per heavy atom. The predicted octanol–water partition coefficient (Wildman–Crippen LogP) is 1.20. The zero-order valence-electron chi connectivity index (χ0n) is 7.67. The van der Waals surface area contributed by atoms with Gasteiger partial charge in [-0.3, -0.25) is 4.79 Å². The van der Waals surface area contributed by atoms with Crippen LogP contribution in [0.4, 0.5) is 0 Å². The molecule has 76 valence electrons. The van der Waals surface area contributed by atoms with Crippen molar-refractivity contribution < 1.29 is 14.3 Å². The highest BCUT2D eigenvalue weighted by Gasteiger charge is 2.41. The maximum atomic E-state index is 11.5. The highest BCUT2D eigenvalue weighted by molar-refractivity contribution is 6.16. The molecule has 0 fully saturated rings. The van der Waals surface area contributed by atoms with E-state index in [1.54, 1.807) is 20.9 Å². The van der Waals surface area contributed by atoms with Crippen molar-refractivity contribution in [1.29, 1.82) is 0 Å². The molecule has 0 N–H and O–H groups in total. The van der Waals surface area contributed by atoms with Crippen LogP contribution in [0.2, 0.25) is 0 Å². The molecule has 2 aliphatic heterocycles. The Balaban J connectivity index is 0.000000980. The normalized spacial score (nSPS) is 20.1. The minimum absolute atomic E-state index is 0. The second-order valence-corrected chi connectivity index (χ2v) is 3.15. The predicted molar refractivity (Wildman–Crippen MR) is 51.0 cm³/mol. The molecule has 2 aliphatic rings. The lowest BCUT2D eigenvalue weighted by Crippen LogP contribution is -2.20. The minimum atomic E-state index is -0.414. The Morgan fingerprint density at radius 3 is 2.21 bits per heavy atom. The summed E-state index contributed by atoms with van der Waals surface area (Å²) in [7, 11) is 1.65. The molecule has 14 heavy (non-hydrogen) atoms. The van der Waals surface area contributed by atoms with Crippen molar-refractivity contribution >= 4 is 11.9 Å².